The summed E-state index contributed by atoms with van der Waals surface area (Å²) in [5.41, 5.74) is 0.926. The summed E-state index contributed by atoms with van der Waals surface area (Å²) in [7, 11) is 3.17. The van der Waals surface area contributed by atoms with Crippen LogP contribution in [0, 0.1) is 3.57 Å². The second kappa shape index (κ2) is 8.77. The van der Waals surface area contributed by atoms with E-state index in [2.05, 4.69) is 27.9 Å². The zero-order valence-electron chi connectivity index (χ0n) is 13.8. The lowest BCUT2D eigenvalue weighted by molar-refractivity contribution is -0.123. The second-order valence-corrected chi connectivity index (χ2v) is 6.39. The topological polar surface area (TPSA) is 56.8 Å². The van der Waals surface area contributed by atoms with Crippen molar-refractivity contribution < 1.29 is 19.0 Å². The third kappa shape index (κ3) is 5.02. The number of nitrogens with one attached hydrogen (secondary N) is 1. The Labute approximate surface area is 155 Å². The van der Waals surface area contributed by atoms with Gasteiger partial charge in [-0.25, -0.2) is 0 Å². The fraction of sp³-hybridized carbons (Fsp3) is 0.278. The highest BCUT2D eigenvalue weighted by molar-refractivity contribution is 14.1. The molecule has 24 heavy (non-hydrogen) atoms. The van der Waals surface area contributed by atoms with Crippen molar-refractivity contribution in [3.63, 3.8) is 0 Å². The van der Waals surface area contributed by atoms with Gasteiger partial charge in [-0.1, -0.05) is 6.07 Å². The third-order valence-corrected chi connectivity index (χ3v) is 4.19. The molecule has 128 valence electrons. The number of benzene rings is 2. The van der Waals surface area contributed by atoms with E-state index in [-0.39, 0.29) is 18.6 Å². The Morgan fingerprint density at radius 2 is 1.75 bits per heavy atom. The number of amides is 1. The number of methoxy groups -OCH3 is 2. The van der Waals surface area contributed by atoms with Crippen LogP contribution in [0.15, 0.2) is 42.5 Å². The predicted molar refractivity (Wildman–Crippen MR) is 101 cm³/mol. The average molecular weight is 441 g/mol. The van der Waals surface area contributed by atoms with Crippen LogP contribution in [0.2, 0.25) is 0 Å². The van der Waals surface area contributed by atoms with Crippen LogP contribution in [0.25, 0.3) is 0 Å². The van der Waals surface area contributed by atoms with Crippen molar-refractivity contribution >= 4 is 28.5 Å². The Morgan fingerprint density at radius 3 is 2.38 bits per heavy atom. The van der Waals surface area contributed by atoms with Crippen LogP contribution in [0.1, 0.15) is 18.5 Å². The molecule has 0 aliphatic heterocycles. The number of ether oxygens (including phenoxy) is 3. The molecule has 1 amide bonds. The minimum absolute atomic E-state index is 0.0295. The number of hydrogen-bond acceptors (Lipinski definition) is 4. The lowest BCUT2D eigenvalue weighted by atomic mass is 10.1. The molecule has 0 saturated carbocycles. The standard InChI is InChI=1S/C18H20INO4/c1-12(13-4-9-16(22-2)17(10-13)23-3)20-18(21)11-24-15-7-5-14(19)6-8-15/h4-10,12H,11H2,1-3H3,(H,20,21). The summed E-state index contributed by atoms with van der Waals surface area (Å²) in [4.78, 5) is 12.1. The predicted octanol–water partition coefficient (Wildman–Crippen LogP) is 3.56. The van der Waals surface area contributed by atoms with Crippen LogP contribution in [-0.4, -0.2) is 26.7 Å². The van der Waals surface area contributed by atoms with Crippen LogP contribution in [0.3, 0.4) is 0 Å². The van der Waals surface area contributed by atoms with E-state index in [9.17, 15) is 4.79 Å². The van der Waals surface area contributed by atoms with Crippen molar-refractivity contribution in [1.82, 2.24) is 5.32 Å². The Kier molecular flexibility index (Phi) is 6.72. The third-order valence-electron chi connectivity index (χ3n) is 3.47. The summed E-state index contributed by atoms with van der Waals surface area (Å²) in [5.74, 6) is 1.77. The first-order chi connectivity index (χ1) is 11.5. The fourth-order valence-corrected chi connectivity index (χ4v) is 2.53. The van der Waals surface area contributed by atoms with Gasteiger partial charge < -0.3 is 19.5 Å². The summed E-state index contributed by atoms with van der Waals surface area (Å²) >= 11 is 2.22. The average Bonchev–Trinajstić information content (AvgIpc) is 2.60. The molecule has 0 heterocycles. The molecule has 1 N–H and O–H groups in total. The Hall–Kier alpha value is -1.96. The van der Waals surface area contributed by atoms with E-state index in [0.717, 1.165) is 9.13 Å². The molecule has 0 saturated heterocycles. The van der Waals surface area contributed by atoms with E-state index in [1.807, 2.05) is 49.4 Å². The minimum Gasteiger partial charge on any atom is -0.493 e. The molecule has 0 radical (unpaired) electrons. The maximum absolute atomic E-state index is 12.1. The molecule has 0 aliphatic rings. The van der Waals surface area contributed by atoms with Crippen LogP contribution in [-0.2, 0) is 4.79 Å². The summed E-state index contributed by atoms with van der Waals surface area (Å²) in [5, 5.41) is 2.90. The highest BCUT2D eigenvalue weighted by Crippen LogP contribution is 2.29. The molecule has 1 unspecified atom stereocenters. The molecule has 0 fully saturated rings. The molecular formula is C18H20INO4. The van der Waals surface area contributed by atoms with Crippen LogP contribution >= 0.6 is 22.6 Å². The molecule has 5 nitrogen and oxygen atoms in total. The lowest BCUT2D eigenvalue weighted by Crippen LogP contribution is -2.31. The van der Waals surface area contributed by atoms with Gasteiger partial charge in [0.25, 0.3) is 5.91 Å². The van der Waals surface area contributed by atoms with E-state index >= 15 is 0 Å². The number of carbonyl (C=O) groups excluding carboxylic acids is 1. The van der Waals surface area contributed by atoms with Crippen molar-refractivity contribution in [2.75, 3.05) is 20.8 Å². The van der Waals surface area contributed by atoms with Gasteiger partial charge in [-0.3, -0.25) is 4.79 Å². The summed E-state index contributed by atoms with van der Waals surface area (Å²) in [6.45, 7) is 1.88. The van der Waals surface area contributed by atoms with Gasteiger partial charge in [0.05, 0.1) is 20.3 Å². The first-order valence-electron chi connectivity index (χ1n) is 7.43. The van der Waals surface area contributed by atoms with Crippen molar-refractivity contribution in [3.05, 3.63) is 51.6 Å². The summed E-state index contributed by atoms with van der Waals surface area (Å²) < 4.78 is 17.1. The molecule has 2 rings (SSSR count). The molecule has 1 atom stereocenters. The monoisotopic (exact) mass is 441 g/mol. The minimum atomic E-state index is -0.184. The van der Waals surface area contributed by atoms with Gasteiger partial charge in [0.1, 0.15) is 5.75 Å². The quantitative estimate of drug-likeness (QED) is 0.668. The highest BCUT2D eigenvalue weighted by atomic mass is 127. The SMILES string of the molecule is COc1ccc(C(C)NC(=O)COc2ccc(I)cc2)cc1OC. The smallest absolute Gasteiger partial charge is 0.258 e. The van der Waals surface area contributed by atoms with Gasteiger partial charge >= 0.3 is 0 Å². The van der Waals surface area contributed by atoms with Gasteiger partial charge in [-0.2, -0.15) is 0 Å². The first-order valence-corrected chi connectivity index (χ1v) is 8.51. The number of hydrogen-bond donors (Lipinski definition) is 1. The maximum atomic E-state index is 12.1. The number of rotatable bonds is 7. The fourth-order valence-electron chi connectivity index (χ4n) is 2.17. The molecular weight excluding hydrogens is 421 g/mol. The molecule has 6 heteroatoms. The molecule has 0 spiro atoms. The number of carbonyl (C=O) groups is 1. The second-order valence-electron chi connectivity index (χ2n) is 5.15. The molecule has 0 aliphatic carbocycles. The Balaban J connectivity index is 1.92. The van der Waals surface area contributed by atoms with E-state index in [1.165, 1.54) is 0 Å². The zero-order valence-corrected chi connectivity index (χ0v) is 16.0. The van der Waals surface area contributed by atoms with Crippen molar-refractivity contribution in [2.24, 2.45) is 0 Å². The van der Waals surface area contributed by atoms with Gasteiger partial charge in [0.15, 0.2) is 18.1 Å². The zero-order chi connectivity index (χ0) is 17.5. The van der Waals surface area contributed by atoms with Crippen LogP contribution in [0.4, 0.5) is 0 Å². The van der Waals surface area contributed by atoms with Gasteiger partial charge in [-0.15, -0.1) is 0 Å². The lowest BCUT2D eigenvalue weighted by Gasteiger charge is -2.16. The van der Waals surface area contributed by atoms with E-state index in [4.69, 9.17) is 14.2 Å². The van der Waals surface area contributed by atoms with Crippen molar-refractivity contribution in [1.29, 1.82) is 0 Å². The van der Waals surface area contributed by atoms with E-state index in [1.54, 1.807) is 14.2 Å². The van der Waals surface area contributed by atoms with Crippen LogP contribution < -0.4 is 19.5 Å². The Morgan fingerprint density at radius 1 is 1.08 bits per heavy atom. The van der Waals surface area contributed by atoms with E-state index in [0.29, 0.717) is 17.2 Å². The molecule has 2 aromatic rings. The Bertz CT molecular complexity index is 688. The van der Waals surface area contributed by atoms with Crippen LogP contribution in [0.5, 0.6) is 17.2 Å². The molecule has 0 bridgehead atoms. The van der Waals surface area contributed by atoms with Gasteiger partial charge in [-0.05, 0) is 71.5 Å². The number of halogens is 1. The van der Waals surface area contributed by atoms with Crippen molar-refractivity contribution in [2.45, 2.75) is 13.0 Å². The molecule has 0 aromatic heterocycles. The van der Waals surface area contributed by atoms with E-state index < -0.39 is 0 Å². The maximum Gasteiger partial charge on any atom is 0.258 e. The summed E-state index contributed by atoms with van der Waals surface area (Å²) in [6.07, 6.45) is 0. The largest absolute Gasteiger partial charge is 0.493 e. The van der Waals surface area contributed by atoms with Gasteiger partial charge in [0, 0.05) is 3.57 Å². The highest BCUT2D eigenvalue weighted by Gasteiger charge is 2.13. The summed E-state index contributed by atoms with van der Waals surface area (Å²) in [6, 6.07) is 12.9. The normalized spacial score (nSPS) is 11.5. The molecule has 2 aromatic carbocycles. The van der Waals surface area contributed by atoms with Crippen molar-refractivity contribution in [3.8, 4) is 17.2 Å². The van der Waals surface area contributed by atoms with Gasteiger partial charge in [0.2, 0.25) is 0 Å². The first kappa shape index (κ1) is 18.4.